The Kier molecular flexibility index (Phi) is 5.27. The molecule has 5 heteroatoms. The third kappa shape index (κ3) is 4.44. The normalized spacial score (nSPS) is 10.1. The summed E-state index contributed by atoms with van der Waals surface area (Å²) in [6.07, 6.45) is 0. The van der Waals surface area contributed by atoms with Crippen LogP contribution < -0.4 is 10.1 Å². The van der Waals surface area contributed by atoms with Gasteiger partial charge in [0.2, 0.25) is 0 Å². The lowest BCUT2D eigenvalue weighted by Gasteiger charge is -2.08. The maximum atomic E-state index is 11.7. The Morgan fingerprint density at radius 2 is 1.85 bits per heavy atom. The van der Waals surface area contributed by atoms with Gasteiger partial charge in [-0.1, -0.05) is 47.5 Å². The fraction of sp³-hybridized carbons (Fsp3) is 0.133. The van der Waals surface area contributed by atoms with Crippen LogP contribution in [0, 0.1) is 0 Å². The number of benzene rings is 2. The molecule has 0 atom stereocenters. The quantitative estimate of drug-likeness (QED) is 0.914. The minimum atomic E-state index is -0.208. The van der Waals surface area contributed by atoms with Crippen LogP contribution in [0.1, 0.15) is 5.56 Å². The summed E-state index contributed by atoms with van der Waals surface area (Å²) < 4.78 is 5.34. The predicted octanol–water partition coefficient (Wildman–Crippen LogP) is 3.69. The molecule has 3 nitrogen and oxygen atoms in total. The Morgan fingerprint density at radius 1 is 1.10 bits per heavy atom. The minimum Gasteiger partial charge on any atom is -0.484 e. The molecular formula is C15H13Cl2NO2. The van der Waals surface area contributed by atoms with Gasteiger partial charge in [0.15, 0.2) is 6.61 Å². The summed E-state index contributed by atoms with van der Waals surface area (Å²) in [6.45, 7) is 0.308. The number of hydrogen-bond donors (Lipinski definition) is 1. The molecule has 0 heterocycles. The summed E-state index contributed by atoms with van der Waals surface area (Å²) in [7, 11) is 0. The first-order valence-electron chi connectivity index (χ1n) is 6.03. The van der Waals surface area contributed by atoms with E-state index in [1.807, 2.05) is 18.2 Å². The maximum absolute atomic E-state index is 11.7. The van der Waals surface area contributed by atoms with Gasteiger partial charge in [0, 0.05) is 16.6 Å². The van der Waals surface area contributed by atoms with Crippen molar-refractivity contribution in [2.75, 3.05) is 6.61 Å². The Morgan fingerprint density at radius 3 is 2.55 bits per heavy atom. The molecule has 2 rings (SSSR count). The molecule has 0 aliphatic carbocycles. The highest BCUT2D eigenvalue weighted by Crippen LogP contribution is 2.20. The molecule has 1 N–H and O–H groups in total. The largest absolute Gasteiger partial charge is 0.484 e. The Labute approximate surface area is 127 Å². The molecule has 20 heavy (non-hydrogen) atoms. The van der Waals surface area contributed by atoms with Crippen LogP contribution in [-0.2, 0) is 11.3 Å². The van der Waals surface area contributed by atoms with Crippen LogP contribution >= 0.6 is 23.2 Å². The van der Waals surface area contributed by atoms with Gasteiger partial charge in [-0.05, 0) is 29.8 Å². The van der Waals surface area contributed by atoms with Crippen molar-refractivity contribution in [2.24, 2.45) is 0 Å². The van der Waals surface area contributed by atoms with E-state index in [0.29, 0.717) is 22.3 Å². The fourth-order valence-electron chi connectivity index (χ4n) is 1.58. The molecule has 1 amide bonds. The summed E-state index contributed by atoms with van der Waals surface area (Å²) in [5, 5.41) is 3.83. The van der Waals surface area contributed by atoms with E-state index in [1.54, 1.807) is 30.3 Å². The molecular weight excluding hydrogens is 297 g/mol. The number of carbonyl (C=O) groups excluding carboxylic acids is 1. The van der Waals surface area contributed by atoms with E-state index in [-0.39, 0.29) is 12.5 Å². The molecule has 0 fully saturated rings. The van der Waals surface area contributed by atoms with Crippen molar-refractivity contribution in [1.29, 1.82) is 0 Å². The van der Waals surface area contributed by atoms with E-state index in [0.717, 1.165) is 5.56 Å². The van der Waals surface area contributed by atoms with Crippen LogP contribution in [-0.4, -0.2) is 12.5 Å². The summed E-state index contributed by atoms with van der Waals surface area (Å²) in [6, 6.07) is 14.3. The van der Waals surface area contributed by atoms with Crippen molar-refractivity contribution >= 4 is 29.1 Å². The second-order valence-corrected chi connectivity index (χ2v) is 4.96. The topological polar surface area (TPSA) is 38.3 Å². The average Bonchev–Trinajstić information content (AvgIpc) is 2.45. The molecule has 2 aromatic carbocycles. The van der Waals surface area contributed by atoms with Crippen LogP contribution in [0.25, 0.3) is 0 Å². The van der Waals surface area contributed by atoms with E-state index in [2.05, 4.69) is 5.32 Å². The van der Waals surface area contributed by atoms with Gasteiger partial charge < -0.3 is 10.1 Å². The zero-order valence-electron chi connectivity index (χ0n) is 10.6. The van der Waals surface area contributed by atoms with Gasteiger partial charge in [-0.15, -0.1) is 0 Å². The first-order valence-corrected chi connectivity index (χ1v) is 6.79. The van der Waals surface area contributed by atoms with Crippen molar-refractivity contribution in [3.8, 4) is 5.75 Å². The lowest BCUT2D eigenvalue weighted by Crippen LogP contribution is -2.28. The van der Waals surface area contributed by atoms with Crippen LogP contribution in [0.15, 0.2) is 48.5 Å². The maximum Gasteiger partial charge on any atom is 0.258 e. The molecule has 0 unspecified atom stereocenters. The van der Waals surface area contributed by atoms with Crippen molar-refractivity contribution < 1.29 is 9.53 Å². The predicted molar refractivity (Wildman–Crippen MR) is 80.2 cm³/mol. The summed E-state index contributed by atoms with van der Waals surface area (Å²) in [5.41, 5.74) is 0.809. The number of carbonyl (C=O) groups is 1. The molecule has 0 spiro atoms. The van der Waals surface area contributed by atoms with Crippen molar-refractivity contribution in [1.82, 2.24) is 5.32 Å². The third-order valence-electron chi connectivity index (χ3n) is 2.60. The Bertz CT molecular complexity index is 588. The van der Waals surface area contributed by atoms with E-state index in [1.165, 1.54) is 0 Å². The zero-order valence-corrected chi connectivity index (χ0v) is 12.1. The molecule has 0 aliphatic rings. The number of para-hydroxylation sites is 1. The highest BCUT2D eigenvalue weighted by Gasteiger charge is 2.05. The summed E-state index contributed by atoms with van der Waals surface area (Å²) in [5.74, 6) is 0.451. The Balaban J connectivity index is 1.80. The second-order valence-electron chi connectivity index (χ2n) is 4.11. The molecule has 0 radical (unpaired) electrons. The van der Waals surface area contributed by atoms with Crippen LogP contribution in [0.3, 0.4) is 0 Å². The van der Waals surface area contributed by atoms with Crippen molar-refractivity contribution in [2.45, 2.75) is 6.54 Å². The number of halogens is 2. The monoisotopic (exact) mass is 309 g/mol. The van der Waals surface area contributed by atoms with E-state index in [9.17, 15) is 4.79 Å². The molecule has 0 aromatic heterocycles. The van der Waals surface area contributed by atoms with Crippen LogP contribution in [0.4, 0.5) is 0 Å². The third-order valence-corrected chi connectivity index (χ3v) is 3.19. The summed E-state index contributed by atoms with van der Waals surface area (Å²) in [4.78, 5) is 11.7. The number of rotatable bonds is 5. The number of ether oxygens (including phenoxy) is 1. The van der Waals surface area contributed by atoms with Gasteiger partial charge in [0.1, 0.15) is 5.75 Å². The van der Waals surface area contributed by atoms with E-state index < -0.39 is 0 Å². The van der Waals surface area contributed by atoms with Crippen LogP contribution in [0.2, 0.25) is 10.0 Å². The highest BCUT2D eigenvalue weighted by atomic mass is 35.5. The van der Waals surface area contributed by atoms with Crippen LogP contribution in [0.5, 0.6) is 5.75 Å². The van der Waals surface area contributed by atoms with Gasteiger partial charge in [-0.25, -0.2) is 0 Å². The molecule has 0 aliphatic heterocycles. The number of hydrogen-bond acceptors (Lipinski definition) is 2. The second kappa shape index (κ2) is 7.17. The summed E-state index contributed by atoms with van der Waals surface area (Å²) >= 11 is 11.8. The first-order chi connectivity index (χ1) is 9.65. The van der Waals surface area contributed by atoms with Crippen molar-refractivity contribution in [3.63, 3.8) is 0 Å². The van der Waals surface area contributed by atoms with Gasteiger partial charge >= 0.3 is 0 Å². The number of nitrogens with one attached hydrogen (secondary N) is 1. The fourth-order valence-corrected chi connectivity index (χ4v) is 2.05. The minimum absolute atomic E-state index is 0.0325. The Hall–Kier alpha value is -1.71. The zero-order chi connectivity index (χ0) is 14.4. The van der Waals surface area contributed by atoms with Gasteiger partial charge in [-0.2, -0.15) is 0 Å². The molecule has 104 valence electrons. The average molecular weight is 310 g/mol. The molecule has 2 aromatic rings. The SMILES string of the molecule is O=C(COc1ccccc1)NCc1ccc(Cl)cc1Cl. The first kappa shape index (κ1) is 14.7. The number of amides is 1. The molecule has 0 saturated carbocycles. The van der Waals surface area contributed by atoms with Crippen molar-refractivity contribution in [3.05, 3.63) is 64.1 Å². The van der Waals surface area contributed by atoms with E-state index in [4.69, 9.17) is 27.9 Å². The standard InChI is InChI=1S/C15H13Cl2NO2/c16-12-7-6-11(14(17)8-12)9-18-15(19)10-20-13-4-2-1-3-5-13/h1-8H,9-10H2,(H,18,19). The van der Waals surface area contributed by atoms with Gasteiger partial charge in [0.25, 0.3) is 5.91 Å². The lowest BCUT2D eigenvalue weighted by atomic mass is 10.2. The van der Waals surface area contributed by atoms with Gasteiger partial charge in [0.05, 0.1) is 0 Å². The molecule has 0 saturated heterocycles. The van der Waals surface area contributed by atoms with Gasteiger partial charge in [-0.3, -0.25) is 4.79 Å². The lowest BCUT2D eigenvalue weighted by molar-refractivity contribution is -0.123. The highest BCUT2D eigenvalue weighted by molar-refractivity contribution is 6.35. The smallest absolute Gasteiger partial charge is 0.258 e. The molecule has 0 bridgehead atoms. The van der Waals surface area contributed by atoms with E-state index >= 15 is 0 Å².